The van der Waals surface area contributed by atoms with E-state index < -0.39 is 5.97 Å². The molecule has 33 heavy (non-hydrogen) atoms. The molecular formula is C27H24N4O2. The number of rotatable bonds is 8. The van der Waals surface area contributed by atoms with Crippen molar-refractivity contribution in [1.29, 1.82) is 0 Å². The summed E-state index contributed by atoms with van der Waals surface area (Å²) in [6, 6.07) is 28.0. The number of anilines is 4. The summed E-state index contributed by atoms with van der Waals surface area (Å²) in [7, 11) is 0. The lowest BCUT2D eigenvalue weighted by Crippen LogP contribution is -2.22. The highest BCUT2D eigenvalue weighted by molar-refractivity contribution is 5.75. The molecule has 2 aromatic carbocycles. The highest BCUT2D eigenvalue weighted by atomic mass is 16.4. The van der Waals surface area contributed by atoms with E-state index in [2.05, 4.69) is 20.2 Å². The Labute approximate surface area is 192 Å². The third-order valence-electron chi connectivity index (χ3n) is 5.89. The molecule has 4 aromatic rings. The van der Waals surface area contributed by atoms with Crippen LogP contribution in [0, 0.1) is 11.8 Å². The number of hydrogen-bond acceptors (Lipinski definition) is 5. The normalized spacial score (nSPS) is 16.7. The van der Waals surface area contributed by atoms with Crippen LogP contribution in [0.4, 0.5) is 23.0 Å². The summed E-state index contributed by atoms with van der Waals surface area (Å²) >= 11 is 0. The molecule has 5 rings (SSSR count). The predicted molar refractivity (Wildman–Crippen MR) is 130 cm³/mol. The molecule has 0 bridgehead atoms. The van der Waals surface area contributed by atoms with Crippen molar-refractivity contribution in [2.75, 3.05) is 16.8 Å². The molecule has 0 saturated heterocycles. The van der Waals surface area contributed by atoms with Gasteiger partial charge in [0.15, 0.2) is 0 Å². The van der Waals surface area contributed by atoms with Gasteiger partial charge in [0.1, 0.15) is 11.6 Å². The quantitative estimate of drug-likeness (QED) is 0.366. The van der Waals surface area contributed by atoms with Crippen molar-refractivity contribution in [1.82, 2.24) is 9.97 Å². The van der Waals surface area contributed by atoms with Gasteiger partial charge in [-0.2, -0.15) is 0 Å². The maximum absolute atomic E-state index is 11.4. The Morgan fingerprint density at radius 2 is 1.58 bits per heavy atom. The van der Waals surface area contributed by atoms with Crippen LogP contribution in [0.3, 0.4) is 0 Å². The van der Waals surface area contributed by atoms with Crippen molar-refractivity contribution in [3.63, 3.8) is 0 Å². The molecule has 6 nitrogen and oxygen atoms in total. The minimum Gasteiger partial charge on any atom is -0.481 e. The van der Waals surface area contributed by atoms with Gasteiger partial charge >= 0.3 is 5.97 Å². The summed E-state index contributed by atoms with van der Waals surface area (Å²) < 4.78 is 0. The molecule has 164 valence electrons. The Morgan fingerprint density at radius 1 is 0.909 bits per heavy atom. The van der Waals surface area contributed by atoms with Crippen LogP contribution in [-0.4, -0.2) is 27.6 Å². The van der Waals surface area contributed by atoms with Gasteiger partial charge in [-0.1, -0.05) is 36.4 Å². The number of carboxylic acid groups (broad SMARTS) is 1. The van der Waals surface area contributed by atoms with Crippen LogP contribution >= 0.6 is 0 Å². The van der Waals surface area contributed by atoms with Crippen molar-refractivity contribution in [3.8, 4) is 11.1 Å². The molecule has 1 saturated carbocycles. The number of benzene rings is 2. The molecule has 1 aliphatic rings. The van der Waals surface area contributed by atoms with E-state index in [1.54, 1.807) is 12.4 Å². The summed E-state index contributed by atoms with van der Waals surface area (Å²) in [5.74, 6) is 0.690. The van der Waals surface area contributed by atoms with Gasteiger partial charge < -0.3 is 15.3 Å². The third kappa shape index (κ3) is 4.85. The molecule has 2 atom stereocenters. The van der Waals surface area contributed by atoms with E-state index in [-0.39, 0.29) is 11.8 Å². The molecule has 0 aliphatic heterocycles. The minimum absolute atomic E-state index is 0.121. The molecule has 2 aromatic heterocycles. The molecule has 2 unspecified atom stereocenters. The summed E-state index contributed by atoms with van der Waals surface area (Å²) in [6.07, 6.45) is 4.29. The number of carbonyl (C=O) groups is 1. The van der Waals surface area contributed by atoms with Crippen LogP contribution in [0.15, 0.2) is 97.3 Å². The Balaban J connectivity index is 1.43. The lowest BCUT2D eigenvalue weighted by molar-refractivity contribution is -0.138. The highest BCUT2D eigenvalue weighted by Crippen LogP contribution is 2.41. The number of carboxylic acids is 1. The van der Waals surface area contributed by atoms with Gasteiger partial charge in [0, 0.05) is 30.3 Å². The number of nitrogens with one attached hydrogen (secondary N) is 1. The smallest absolute Gasteiger partial charge is 0.306 e. The molecule has 0 radical (unpaired) electrons. The summed E-state index contributed by atoms with van der Waals surface area (Å²) in [4.78, 5) is 22.6. The lowest BCUT2D eigenvalue weighted by Gasteiger charge is -2.24. The van der Waals surface area contributed by atoms with Gasteiger partial charge in [0.2, 0.25) is 0 Å². The zero-order valence-electron chi connectivity index (χ0n) is 18.0. The van der Waals surface area contributed by atoms with Crippen LogP contribution in [0.25, 0.3) is 11.1 Å². The van der Waals surface area contributed by atoms with Gasteiger partial charge in [-0.25, -0.2) is 9.97 Å². The van der Waals surface area contributed by atoms with Crippen LogP contribution in [-0.2, 0) is 4.79 Å². The average molecular weight is 437 g/mol. The third-order valence-corrected chi connectivity index (χ3v) is 5.89. The van der Waals surface area contributed by atoms with E-state index in [1.807, 2.05) is 84.9 Å². The van der Waals surface area contributed by atoms with Crippen LogP contribution in [0.2, 0.25) is 0 Å². The zero-order chi connectivity index (χ0) is 22.6. The summed E-state index contributed by atoms with van der Waals surface area (Å²) in [6.45, 7) is 0.620. The van der Waals surface area contributed by atoms with Crippen LogP contribution < -0.4 is 10.2 Å². The first-order valence-corrected chi connectivity index (χ1v) is 11.0. The first-order chi connectivity index (χ1) is 16.2. The number of nitrogens with zero attached hydrogens (tertiary/aromatic N) is 3. The second kappa shape index (κ2) is 9.12. The maximum atomic E-state index is 11.4. The van der Waals surface area contributed by atoms with E-state index in [4.69, 9.17) is 0 Å². The fraction of sp³-hybridized carbons (Fsp3) is 0.148. The van der Waals surface area contributed by atoms with Crippen molar-refractivity contribution in [3.05, 3.63) is 97.3 Å². The van der Waals surface area contributed by atoms with Crippen molar-refractivity contribution >= 4 is 29.0 Å². The van der Waals surface area contributed by atoms with Crippen molar-refractivity contribution in [2.45, 2.75) is 6.42 Å². The first-order valence-electron chi connectivity index (χ1n) is 11.0. The molecule has 0 spiro atoms. The topological polar surface area (TPSA) is 78.3 Å². The molecule has 2 heterocycles. The van der Waals surface area contributed by atoms with E-state index in [0.717, 1.165) is 34.1 Å². The largest absolute Gasteiger partial charge is 0.481 e. The van der Waals surface area contributed by atoms with Gasteiger partial charge in [0.25, 0.3) is 0 Å². The molecule has 0 amide bonds. The highest BCUT2D eigenvalue weighted by Gasteiger charge is 2.44. The standard InChI is InChI=1S/C27H24N4O2/c32-27(33)24-15-21(24)18-31(23-9-5-2-6-10-23)26-17-20(12-14-29-26)19-11-13-28-25(16-19)30-22-7-3-1-4-8-22/h1-14,16-17,21,24H,15,18H2,(H,28,30)(H,32,33). The van der Waals surface area contributed by atoms with Crippen molar-refractivity contribution < 1.29 is 9.90 Å². The van der Waals surface area contributed by atoms with Gasteiger partial charge in [-0.3, -0.25) is 4.79 Å². The van der Waals surface area contributed by atoms with E-state index in [0.29, 0.717) is 13.0 Å². The Bertz CT molecular complexity index is 1250. The number of hydrogen-bond donors (Lipinski definition) is 2. The monoisotopic (exact) mass is 436 g/mol. The Morgan fingerprint density at radius 3 is 2.27 bits per heavy atom. The Kier molecular flexibility index (Phi) is 5.72. The molecule has 2 N–H and O–H groups in total. The molecule has 1 aliphatic carbocycles. The Hall–Kier alpha value is -4.19. The predicted octanol–water partition coefficient (Wildman–Crippen LogP) is 5.75. The summed E-state index contributed by atoms with van der Waals surface area (Å²) in [5, 5.41) is 12.7. The van der Waals surface area contributed by atoms with Crippen LogP contribution in [0.5, 0.6) is 0 Å². The lowest BCUT2D eigenvalue weighted by atomic mass is 10.1. The molecule has 6 heteroatoms. The second-order valence-corrected chi connectivity index (χ2v) is 8.21. The SMILES string of the molecule is O=C(O)C1CC1CN(c1ccccc1)c1cc(-c2ccnc(Nc3ccccc3)c2)ccn1. The minimum atomic E-state index is -0.718. The van der Waals surface area contributed by atoms with E-state index in [9.17, 15) is 9.90 Å². The van der Waals surface area contributed by atoms with Gasteiger partial charge in [0.05, 0.1) is 5.92 Å². The number of para-hydroxylation sites is 2. The molecule has 1 fully saturated rings. The van der Waals surface area contributed by atoms with Gasteiger partial charge in [-0.15, -0.1) is 0 Å². The van der Waals surface area contributed by atoms with Crippen LogP contribution in [0.1, 0.15) is 6.42 Å². The number of aliphatic carboxylic acids is 1. The summed E-state index contributed by atoms with van der Waals surface area (Å²) in [5.41, 5.74) is 4.02. The van der Waals surface area contributed by atoms with Crippen molar-refractivity contribution in [2.24, 2.45) is 11.8 Å². The molecular weight excluding hydrogens is 412 g/mol. The van der Waals surface area contributed by atoms with Gasteiger partial charge in [-0.05, 0) is 72.0 Å². The fourth-order valence-electron chi connectivity index (χ4n) is 4.02. The zero-order valence-corrected chi connectivity index (χ0v) is 18.0. The van der Waals surface area contributed by atoms with E-state index in [1.165, 1.54) is 0 Å². The fourth-order valence-corrected chi connectivity index (χ4v) is 4.02. The number of aromatic nitrogens is 2. The number of pyridine rings is 2. The second-order valence-electron chi connectivity index (χ2n) is 8.21. The van der Waals surface area contributed by atoms with E-state index >= 15 is 0 Å². The first kappa shape index (κ1) is 20.7. The maximum Gasteiger partial charge on any atom is 0.306 e. The average Bonchev–Trinajstić information content (AvgIpc) is 3.64.